The number of hydrogen-bond acceptors (Lipinski definition) is 4. The summed E-state index contributed by atoms with van der Waals surface area (Å²) in [5.74, 6) is 0.463. The van der Waals surface area contributed by atoms with E-state index in [-0.39, 0.29) is 23.7 Å². The summed E-state index contributed by atoms with van der Waals surface area (Å²) in [5.41, 5.74) is 7.07. The minimum Gasteiger partial charge on any atom is -0.398 e. The molecule has 0 atom stereocenters. The predicted molar refractivity (Wildman–Crippen MR) is 86.8 cm³/mol. The number of nitrogen functional groups attached to an aromatic ring is 1. The Balaban J connectivity index is 0.00000220. The number of carbonyl (C=O) groups excluding carboxylic acids is 1. The van der Waals surface area contributed by atoms with Crippen LogP contribution in [0.4, 0.5) is 11.4 Å². The topological polar surface area (TPSA) is 80.9 Å². The number of carbonyl (C=O) groups is 1. The van der Waals surface area contributed by atoms with E-state index in [2.05, 4.69) is 15.3 Å². The van der Waals surface area contributed by atoms with Gasteiger partial charge in [0.05, 0.1) is 23.6 Å². The van der Waals surface area contributed by atoms with E-state index in [9.17, 15) is 4.79 Å². The highest BCUT2D eigenvalue weighted by molar-refractivity contribution is 6.07. The van der Waals surface area contributed by atoms with E-state index in [4.69, 9.17) is 5.73 Å². The van der Waals surface area contributed by atoms with Crippen molar-refractivity contribution in [1.82, 2.24) is 9.97 Å². The lowest BCUT2D eigenvalue weighted by Gasteiger charge is -2.16. The molecule has 0 fully saturated rings. The van der Waals surface area contributed by atoms with Gasteiger partial charge in [0.1, 0.15) is 5.82 Å². The maximum Gasteiger partial charge on any atom is 0.257 e. The lowest BCUT2D eigenvalue weighted by molar-refractivity contribution is 0.102. The van der Waals surface area contributed by atoms with Crippen LogP contribution < -0.4 is 11.1 Å². The van der Waals surface area contributed by atoms with Gasteiger partial charge in [-0.05, 0) is 12.1 Å². The van der Waals surface area contributed by atoms with Crippen molar-refractivity contribution >= 4 is 29.7 Å². The Morgan fingerprint density at radius 1 is 1.14 bits per heavy atom. The molecule has 0 aliphatic rings. The van der Waals surface area contributed by atoms with Crippen molar-refractivity contribution in [3.05, 3.63) is 48.0 Å². The molecule has 1 aromatic carbocycles. The van der Waals surface area contributed by atoms with Gasteiger partial charge in [-0.15, -0.1) is 12.4 Å². The lowest BCUT2D eigenvalue weighted by Crippen LogP contribution is -2.17. The number of benzene rings is 1. The zero-order valence-electron chi connectivity index (χ0n) is 12.3. The molecule has 21 heavy (non-hydrogen) atoms. The number of amides is 1. The highest BCUT2D eigenvalue weighted by Gasteiger charge is 2.17. The monoisotopic (exact) mass is 306 g/mol. The van der Waals surface area contributed by atoms with Crippen LogP contribution in [0.2, 0.25) is 0 Å². The Morgan fingerprint density at radius 3 is 2.24 bits per heavy atom. The largest absolute Gasteiger partial charge is 0.398 e. The van der Waals surface area contributed by atoms with Gasteiger partial charge in [-0.3, -0.25) is 4.79 Å². The van der Waals surface area contributed by atoms with Crippen LogP contribution in [0.3, 0.4) is 0 Å². The van der Waals surface area contributed by atoms with Gasteiger partial charge in [-0.25, -0.2) is 9.97 Å². The SMILES string of the molecule is CC(C)(C)c1ncc(NC(=O)c2ccccc2N)cn1.Cl. The molecular weight excluding hydrogens is 288 g/mol. The highest BCUT2D eigenvalue weighted by atomic mass is 35.5. The number of hydrogen-bond donors (Lipinski definition) is 2. The smallest absolute Gasteiger partial charge is 0.257 e. The second kappa shape index (κ2) is 6.54. The molecule has 0 spiro atoms. The summed E-state index contributed by atoms with van der Waals surface area (Å²) in [6, 6.07) is 6.92. The van der Waals surface area contributed by atoms with Crippen LogP contribution in [0.25, 0.3) is 0 Å². The number of anilines is 2. The van der Waals surface area contributed by atoms with Crippen molar-refractivity contribution in [1.29, 1.82) is 0 Å². The molecule has 3 N–H and O–H groups in total. The Labute approximate surface area is 130 Å². The van der Waals surface area contributed by atoms with Gasteiger partial charge in [0.2, 0.25) is 0 Å². The molecule has 0 saturated carbocycles. The normalized spacial score (nSPS) is 10.6. The first-order chi connectivity index (χ1) is 9.38. The average molecular weight is 307 g/mol. The standard InChI is InChI=1S/C15H18N4O.ClH/c1-15(2,3)14-17-8-10(9-18-14)19-13(20)11-6-4-5-7-12(11)16;/h4-9H,16H2,1-3H3,(H,19,20);1H. The summed E-state index contributed by atoms with van der Waals surface area (Å²) in [4.78, 5) is 20.6. The fraction of sp³-hybridized carbons (Fsp3) is 0.267. The number of nitrogens with one attached hydrogen (secondary N) is 1. The molecule has 0 aliphatic carbocycles. The maximum absolute atomic E-state index is 12.1. The molecule has 1 aromatic heterocycles. The van der Waals surface area contributed by atoms with Crippen LogP contribution in [0.5, 0.6) is 0 Å². The zero-order chi connectivity index (χ0) is 14.8. The molecule has 0 aliphatic heterocycles. The van der Waals surface area contributed by atoms with E-state index in [0.29, 0.717) is 16.9 Å². The van der Waals surface area contributed by atoms with E-state index in [1.165, 1.54) is 0 Å². The van der Waals surface area contributed by atoms with E-state index in [0.717, 1.165) is 5.82 Å². The summed E-state index contributed by atoms with van der Waals surface area (Å²) in [5, 5.41) is 2.73. The van der Waals surface area contributed by atoms with E-state index in [1.54, 1.807) is 36.7 Å². The average Bonchev–Trinajstić information content (AvgIpc) is 2.38. The lowest BCUT2D eigenvalue weighted by atomic mass is 9.96. The Kier molecular flexibility index (Phi) is 5.27. The van der Waals surface area contributed by atoms with Crippen LogP contribution in [-0.4, -0.2) is 15.9 Å². The van der Waals surface area contributed by atoms with Gasteiger partial charge in [0.25, 0.3) is 5.91 Å². The van der Waals surface area contributed by atoms with E-state index >= 15 is 0 Å². The molecule has 0 radical (unpaired) electrons. The quantitative estimate of drug-likeness (QED) is 0.836. The first-order valence-corrected chi connectivity index (χ1v) is 6.36. The van der Waals surface area contributed by atoms with Crippen molar-refractivity contribution in [2.24, 2.45) is 0 Å². The number of nitrogens with two attached hydrogens (primary N) is 1. The summed E-state index contributed by atoms with van der Waals surface area (Å²) < 4.78 is 0. The molecule has 112 valence electrons. The van der Waals surface area contributed by atoms with Crippen LogP contribution in [0.15, 0.2) is 36.7 Å². The second-order valence-corrected chi connectivity index (χ2v) is 5.59. The van der Waals surface area contributed by atoms with Crippen molar-refractivity contribution in [2.45, 2.75) is 26.2 Å². The summed E-state index contributed by atoms with van der Waals surface area (Å²) in [6.45, 7) is 6.10. The van der Waals surface area contributed by atoms with Gasteiger partial charge in [-0.2, -0.15) is 0 Å². The first kappa shape index (κ1) is 16.9. The number of nitrogens with zero attached hydrogens (tertiary/aromatic N) is 2. The maximum atomic E-state index is 12.1. The molecule has 2 aromatic rings. The molecule has 1 amide bonds. The minimum atomic E-state index is -0.268. The van der Waals surface area contributed by atoms with E-state index < -0.39 is 0 Å². The fourth-order valence-corrected chi connectivity index (χ4v) is 1.68. The molecule has 0 saturated heterocycles. The van der Waals surface area contributed by atoms with E-state index in [1.807, 2.05) is 20.8 Å². The summed E-state index contributed by atoms with van der Waals surface area (Å²) in [7, 11) is 0. The predicted octanol–water partition coefficient (Wildman–Crippen LogP) is 3.03. The fourth-order valence-electron chi connectivity index (χ4n) is 1.68. The minimum absolute atomic E-state index is 0. The molecule has 0 bridgehead atoms. The summed E-state index contributed by atoms with van der Waals surface area (Å²) in [6.07, 6.45) is 3.20. The third-order valence-corrected chi connectivity index (χ3v) is 2.79. The number of rotatable bonds is 2. The molecule has 0 unspecified atom stereocenters. The van der Waals surface area contributed by atoms with Gasteiger partial charge in [0, 0.05) is 11.1 Å². The number of para-hydroxylation sites is 1. The van der Waals surface area contributed by atoms with Crippen molar-refractivity contribution < 1.29 is 4.79 Å². The second-order valence-electron chi connectivity index (χ2n) is 5.59. The molecule has 1 heterocycles. The number of aromatic nitrogens is 2. The van der Waals surface area contributed by atoms with Crippen molar-refractivity contribution in [3.8, 4) is 0 Å². The molecule has 2 rings (SSSR count). The summed E-state index contributed by atoms with van der Waals surface area (Å²) >= 11 is 0. The molecular formula is C15H19ClN4O. The van der Waals surface area contributed by atoms with Gasteiger partial charge < -0.3 is 11.1 Å². The van der Waals surface area contributed by atoms with Crippen molar-refractivity contribution in [3.63, 3.8) is 0 Å². The Hall–Kier alpha value is -2.14. The Bertz CT molecular complexity index is 620. The van der Waals surface area contributed by atoms with Gasteiger partial charge >= 0.3 is 0 Å². The molecule has 6 heteroatoms. The van der Waals surface area contributed by atoms with Gasteiger partial charge in [0.15, 0.2) is 0 Å². The first-order valence-electron chi connectivity index (χ1n) is 6.36. The third-order valence-electron chi connectivity index (χ3n) is 2.79. The highest BCUT2D eigenvalue weighted by Crippen LogP contribution is 2.19. The molecule has 5 nitrogen and oxygen atoms in total. The Morgan fingerprint density at radius 2 is 1.71 bits per heavy atom. The van der Waals surface area contributed by atoms with Crippen molar-refractivity contribution in [2.75, 3.05) is 11.1 Å². The third kappa shape index (κ3) is 4.16. The van der Waals surface area contributed by atoms with Crippen LogP contribution in [0, 0.1) is 0 Å². The van der Waals surface area contributed by atoms with Gasteiger partial charge in [-0.1, -0.05) is 32.9 Å². The van der Waals surface area contributed by atoms with Crippen LogP contribution in [-0.2, 0) is 5.41 Å². The number of halogens is 1. The van der Waals surface area contributed by atoms with Crippen LogP contribution in [0.1, 0.15) is 37.0 Å². The van der Waals surface area contributed by atoms with Crippen LogP contribution >= 0.6 is 12.4 Å². The zero-order valence-corrected chi connectivity index (χ0v) is 13.1.